The van der Waals surface area contributed by atoms with Gasteiger partial charge >= 0.3 is 23.1 Å². The summed E-state index contributed by atoms with van der Waals surface area (Å²) in [6.07, 6.45) is 0.992. The third-order valence-electron chi connectivity index (χ3n) is 5.75. The number of methoxy groups -OCH3 is 3. The molecule has 0 saturated carbocycles. The van der Waals surface area contributed by atoms with Crippen LogP contribution in [0.5, 0.6) is 11.5 Å². The van der Waals surface area contributed by atoms with Gasteiger partial charge in [0.15, 0.2) is 11.5 Å². The van der Waals surface area contributed by atoms with Crippen molar-refractivity contribution in [2.45, 2.75) is 26.3 Å². The Morgan fingerprint density at radius 3 is 2.20 bits per heavy atom. The Hall–Kier alpha value is -4.52. The summed E-state index contributed by atoms with van der Waals surface area (Å²) in [4.78, 5) is 55.1. The minimum atomic E-state index is -1.09. The summed E-state index contributed by atoms with van der Waals surface area (Å²) in [6.45, 7) is 1.20. The molecule has 0 aromatic heterocycles. The third-order valence-corrected chi connectivity index (χ3v) is 5.90. The second-order valence-electron chi connectivity index (χ2n) is 8.27. The molecule has 41 heavy (non-hydrogen) atoms. The fraction of sp³-hybridized carbons (Fsp3) is 0.333. The van der Waals surface area contributed by atoms with E-state index in [2.05, 4.69) is 31.5 Å². The highest BCUT2D eigenvalue weighted by atomic mass is 35.5. The van der Waals surface area contributed by atoms with E-state index in [1.165, 1.54) is 12.1 Å². The van der Waals surface area contributed by atoms with Gasteiger partial charge in [0.05, 0.1) is 33.6 Å². The van der Waals surface area contributed by atoms with Crippen molar-refractivity contribution in [3.05, 3.63) is 53.6 Å². The van der Waals surface area contributed by atoms with E-state index in [0.717, 1.165) is 25.3 Å². The molecule has 1 heterocycles. The smallest absolute Gasteiger partial charge is 0.396 e. The van der Waals surface area contributed by atoms with Crippen molar-refractivity contribution in [3.63, 3.8) is 0 Å². The molecule has 0 radical (unpaired) electrons. The highest BCUT2D eigenvalue weighted by Crippen LogP contribution is 2.32. The van der Waals surface area contributed by atoms with Crippen molar-refractivity contribution >= 4 is 52.0 Å². The molecule has 1 atom stereocenters. The molecule has 0 bridgehead atoms. The van der Waals surface area contributed by atoms with Crippen LogP contribution in [0.3, 0.4) is 0 Å². The molecule has 2 amide bonds. The Bertz CT molecular complexity index is 1300. The second-order valence-corrected chi connectivity index (χ2v) is 8.62. The Morgan fingerprint density at radius 2 is 1.68 bits per heavy atom. The van der Waals surface area contributed by atoms with Crippen LogP contribution in [-0.2, 0) is 40.0 Å². The molecule has 2 aromatic carbocycles. The fourth-order valence-electron chi connectivity index (χ4n) is 3.66. The lowest BCUT2D eigenvalue weighted by molar-refractivity contribution is -0.150. The minimum Gasteiger partial charge on any atom is -0.493 e. The molecule has 2 aromatic rings. The summed E-state index contributed by atoms with van der Waals surface area (Å²) in [6, 6.07) is 11.8. The van der Waals surface area contributed by atoms with Crippen LogP contribution in [0.4, 0.5) is 10.1 Å². The topological polar surface area (TPSA) is 150 Å². The van der Waals surface area contributed by atoms with Gasteiger partial charge < -0.3 is 24.3 Å². The first kappa shape index (κ1) is 32.7. The molecular formula is C27H29ClFN3O9. The van der Waals surface area contributed by atoms with Crippen LogP contribution in [0.25, 0.3) is 0 Å². The molecule has 3 rings (SSSR count). The number of amides is 2. The highest BCUT2D eigenvalue weighted by molar-refractivity contribution is 6.80. The Labute approximate surface area is 240 Å². The number of hydrogen-bond acceptors (Lipinski definition) is 10. The monoisotopic (exact) mass is 593 g/mol. The van der Waals surface area contributed by atoms with Crippen LogP contribution in [0.1, 0.15) is 30.9 Å². The predicted octanol–water partition coefficient (Wildman–Crippen LogP) is 3.20. The van der Waals surface area contributed by atoms with Crippen molar-refractivity contribution < 1.29 is 47.3 Å². The number of hydrogen-bond donors (Lipinski definition) is 1. The van der Waals surface area contributed by atoms with Crippen LogP contribution in [0.15, 0.2) is 47.6 Å². The molecule has 1 aliphatic heterocycles. The largest absolute Gasteiger partial charge is 0.493 e. The number of nitrogens with zero attached hydrogens (tertiary/aromatic N) is 2. The zero-order chi connectivity index (χ0) is 30.5. The van der Waals surface area contributed by atoms with Gasteiger partial charge in [-0.1, -0.05) is 19.1 Å². The number of anilines is 1. The highest BCUT2D eigenvalue weighted by Gasteiger charge is 2.30. The van der Waals surface area contributed by atoms with E-state index in [1.54, 1.807) is 42.5 Å². The van der Waals surface area contributed by atoms with Gasteiger partial charge in [-0.15, -0.1) is 0 Å². The minimum absolute atomic E-state index is 0.0914. The van der Waals surface area contributed by atoms with E-state index in [9.17, 15) is 28.4 Å². The maximum atomic E-state index is 12.8. The number of nitrogens with one attached hydrogen (secondary N) is 1. The number of esters is 2. The summed E-state index contributed by atoms with van der Waals surface area (Å²) in [5.74, 6) is -2.45. The number of carbonyl (C=O) groups is 5. The van der Waals surface area contributed by atoms with Crippen LogP contribution in [0, 0.1) is 5.92 Å². The van der Waals surface area contributed by atoms with E-state index >= 15 is 0 Å². The first-order valence-electron chi connectivity index (χ1n) is 12.1. The summed E-state index contributed by atoms with van der Waals surface area (Å²) in [5.41, 5.74) is 2.61. The van der Waals surface area contributed by atoms with Gasteiger partial charge in [-0.2, -0.15) is 5.10 Å². The van der Waals surface area contributed by atoms with Crippen LogP contribution < -0.4 is 14.8 Å². The molecular weight excluding hydrogens is 565 g/mol. The zero-order valence-electron chi connectivity index (χ0n) is 22.8. The molecule has 0 fully saturated rings. The Morgan fingerprint density at radius 1 is 1.02 bits per heavy atom. The van der Waals surface area contributed by atoms with E-state index in [-0.39, 0.29) is 30.5 Å². The molecule has 0 spiro atoms. The standard InChI is InChI=1S/C24H26FN3O6.C3H3ClO3/c1-4-16-12-21(29)28(13-15-5-8-18(9-6-15)26-23(30)24(31)33-3)27-22(16)17-7-10-19(32-2)20(11-17)34-14-25;1-7-3(6)2(4)5/h5-11,16H,4,12-14H2,1-3H3,(H,26,30);1H3. The number of rotatable bonds is 9. The third kappa shape index (κ3) is 9.28. The average Bonchev–Trinajstić information content (AvgIpc) is 2.98. The van der Waals surface area contributed by atoms with Gasteiger partial charge in [0.1, 0.15) is 0 Å². The molecule has 0 aliphatic carbocycles. The Kier molecular flexibility index (Phi) is 12.7. The summed E-state index contributed by atoms with van der Waals surface area (Å²) in [7, 11) is 3.68. The average molecular weight is 594 g/mol. The predicted molar refractivity (Wildman–Crippen MR) is 145 cm³/mol. The van der Waals surface area contributed by atoms with Crippen molar-refractivity contribution in [2.75, 3.05) is 33.5 Å². The Balaban J connectivity index is 0.000000745. The molecule has 12 nitrogen and oxygen atoms in total. The first-order valence-corrected chi connectivity index (χ1v) is 12.5. The summed E-state index contributed by atoms with van der Waals surface area (Å²) >= 11 is 4.61. The lowest BCUT2D eigenvalue weighted by Crippen LogP contribution is -2.36. The molecule has 1 N–H and O–H groups in total. The van der Waals surface area contributed by atoms with Crippen LogP contribution in [-0.4, -0.2) is 67.9 Å². The van der Waals surface area contributed by atoms with Gasteiger partial charge in [-0.05, 0) is 53.9 Å². The number of benzene rings is 2. The van der Waals surface area contributed by atoms with E-state index < -0.39 is 29.9 Å². The molecule has 14 heteroatoms. The number of halogens is 2. The normalized spacial score (nSPS) is 14.1. The SMILES string of the molecule is CCC1CC(=O)N(Cc2ccc(NC(=O)C(=O)OC)cc2)N=C1c1ccc(OC)c(OCF)c1.COC(=O)C(=O)Cl. The van der Waals surface area contributed by atoms with Gasteiger partial charge in [0, 0.05) is 23.6 Å². The lowest BCUT2D eigenvalue weighted by atomic mass is 9.89. The quantitative estimate of drug-likeness (QED) is 0.263. The molecule has 1 aliphatic rings. The van der Waals surface area contributed by atoms with Crippen molar-refractivity contribution in [1.82, 2.24) is 5.01 Å². The summed E-state index contributed by atoms with van der Waals surface area (Å²) < 4.78 is 31.3. The number of carbonyl (C=O) groups excluding carboxylic acids is 5. The fourth-order valence-corrected chi connectivity index (χ4v) is 3.74. The van der Waals surface area contributed by atoms with Crippen molar-refractivity contribution in [1.29, 1.82) is 0 Å². The van der Waals surface area contributed by atoms with Gasteiger partial charge in [0.25, 0.3) is 0 Å². The lowest BCUT2D eigenvalue weighted by Gasteiger charge is -2.29. The van der Waals surface area contributed by atoms with Crippen molar-refractivity contribution in [3.8, 4) is 11.5 Å². The summed E-state index contributed by atoms with van der Waals surface area (Å²) in [5, 5.41) is 7.35. The molecule has 220 valence electrons. The van der Waals surface area contributed by atoms with Crippen LogP contribution >= 0.6 is 11.6 Å². The van der Waals surface area contributed by atoms with E-state index in [0.29, 0.717) is 23.6 Å². The first-order chi connectivity index (χ1) is 19.6. The maximum absolute atomic E-state index is 12.8. The van der Waals surface area contributed by atoms with Crippen LogP contribution in [0.2, 0.25) is 0 Å². The van der Waals surface area contributed by atoms with Crippen molar-refractivity contribution in [2.24, 2.45) is 11.0 Å². The maximum Gasteiger partial charge on any atom is 0.396 e. The number of hydrazone groups is 1. The number of alkyl halides is 1. The second kappa shape index (κ2) is 15.9. The van der Waals surface area contributed by atoms with E-state index in [4.69, 9.17) is 9.47 Å². The molecule has 1 unspecified atom stereocenters. The van der Waals surface area contributed by atoms with Gasteiger partial charge in [-0.3, -0.25) is 14.4 Å². The van der Waals surface area contributed by atoms with Gasteiger partial charge in [0.2, 0.25) is 12.8 Å². The zero-order valence-corrected chi connectivity index (χ0v) is 23.5. The van der Waals surface area contributed by atoms with E-state index in [1.807, 2.05) is 6.92 Å². The van der Waals surface area contributed by atoms with Gasteiger partial charge in [-0.25, -0.2) is 19.0 Å². The molecule has 0 saturated heterocycles. The number of ether oxygens (including phenoxy) is 4.